The average molecular weight is 328 g/mol. The summed E-state index contributed by atoms with van der Waals surface area (Å²) in [5, 5.41) is 0.233. The quantitative estimate of drug-likeness (QED) is 0.534. The zero-order chi connectivity index (χ0) is 16.1. The summed E-state index contributed by atoms with van der Waals surface area (Å²) in [7, 11) is 0. The summed E-state index contributed by atoms with van der Waals surface area (Å²) in [6.45, 7) is 1.89. The third-order valence-electron chi connectivity index (χ3n) is 3.88. The topological polar surface area (TPSA) is 39.3 Å². The number of benzene rings is 2. The highest BCUT2D eigenvalue weighted by molar-refractivity contribution is 6.31. The van der Waals surface area contributed by atoms with Crippen LogP contribution in [0.5, 0.6) is 0 Å². The lowest BCUT2D eigenvalue weighted by Gasteiger charge is -2.14. The molecule has 0 fully saturated rings. The number of rotatable bonds is 1. The van der Waals surface area contributed by atoms with Crippen LogP contribution in [0.4, 0.5) is 4.39 Å². The molecular formula is C17H11ClFN3O. The predicted octanol–water partition coefficient (Wildman–Crippen LogP) is 3.74. The van der Waals surface area contributed by atoms with Gasteiger partial charge in [-0.3, -0.25) is 13.8 Å². The monoisotopic (exact) mass is 327 g/mol. The first-order valence-electron chi connectivity index (χ1n) is 7.01. The molecule has 0 bridgehead atoms. The second-order valence-corrected chi connectivity index (χ2v) is 5.74. The van der Waals surface area contributed by atoms with Crippen LogP contribution in [-0.2, 0) is 0 Å². The second kappa shape index (κ2) is 4.93. The van der Waals surface area contributed by atoms with Crippen LogP contribution in [0.25, 0.3) is 22.4 Å². The summed E-state index contributed by atoms with van der Waals surface area (Å²) in [4.78, 5) is 17.0. The van der Waals surface area contributed by atoms with E-state index < -0.39 is 5.82 Å². The van der Waals surface area contributed by atoms with Crippen LogP contribution in [0.15, 0.2) is 53.6 Å². The molecule has 0 amide bonds. The minimum Gasteiger partial charge on any atom is -0.291 e. The van der Waals surface area contributed by atoms with Gasteiger partial charge in [-0.2, -0.15) is 0 Å². The van der Waals surface area contributed by atoms with Gasteiger partial charge < -0.3 is 0 Å². The molecule has 0 unspecified atom stereocenters. The molecule has 0 spiro atoms. The van der Waals surface area contributed by atoms with Crippen LogP contribution in [-0.4, -0.2) is 14.0 Å². The molecular weight excluding hydrogens is 317 g/mol. The van der Waals surface area contributed by atoms with Crippen LogP contribution in [0.3, 0.4) is 0 Å². The molecule has 2 aromatic carbocycles. The van der Waals surface area contributed by atoms with Crippen LogP contribution < -0.4 is 5.56 Å². The maximum Gasteiger partial charge on any atom is 0.299 e. The number of para-hydroxylation sites is 1. The molecule has 0 N–H and O–H groups in total. The normalized spacial score (nSPS) is 11.4. The summed E-state index contributed by atoms with van der Waals surface area (Å²) in [6, 6.07) is 10.2. The van der Waals surface area contributed by atoms with Crippen molar-refractivity contribution in [2.24, 2.45) is 0 Å². The highest BCUT2D eigenvalue weighted by Gasteiger charge is 2.17. The fourth-order valence-corrected chi connectivity index (χ4v) is 3.07. The second-order valence-electron chi connectivity index (χ2n) is 5.30. The molecule has 0 atom stereocenters. The molecule has 4 rings (SSSR count). The summed E-state index contributed by atoms with van der Waals surface area (Å²) < 4.78 is 17.5. The lowest BCUT2D eigenvalue weighted by molar-refractivity contribution is 0.634. The third-order valence-corrected chi connectivity index (χ3v) is 4.10. The number of aromatic nitrogens is 3. The summed E-state index contributed by atoms with van der Waals surface area (Å²) in [5.41, 5.74) is 2.09. The van der Waals surface area contributed by atoms with Crippen molar-refractivity contribution in [1.82, 2.24) is 14.0 Å². The Balaban J connectivity index is 2.33. The Hall–Kier alpha value is -2.66. The van der Waals surface area contributed by atoms with E-state index in [9.17, 15) is 9.18 Å². The number of nitrogens with zero attached hydrogens (tertiary/aromatic N) is 3. The van der Waals surface area contributed by atoms with Crippen molar-refractivity contribution in [3.63, 3.8) is 0 Å². The first kappa shape index (κ1) is 14.0. The predicted molar refractivity (Wildman–Crippen MR) is 88.0 cm³/mol. The molecule has 0 radical (unpaired) electrons. The molecule has 23 heavy (non-hydrogen) atoms. The van der Waals surface area contributed by atoms with E-state index in [1.165, 1.54) is 21.2 Å². The van der Waals surface area contributed by atoms with E-state index in [1.807, 2.05) is 31.2 Å². The van der Waals surface area contributed by atoms with E-state index >= 15 is 0 Å². The van der Waals surface area contributed by atoms with Gasteiger partial charge in [0.1, 0.15) is 5.52 Å². The summed E-state index contributed by atoms with van der Waals surface area (Å²) >= 11 is 6.02. The summed E-state index contributed by atoms with van der Waals surface area (Å²) in [5.74, 6) is -0.502. The van der Waals surface area contributed by atoms with Gasteiger partial charge in [-0.15, -0.1) is 0 Å². The first-order valence-corrected chi connectivity index (χ1v) is 7.38. The van der Waals surface area contributed by atoms with E-state index in [0.717, 1.165) is 5.56 Å². The van der Waals surface area contributed by atoms with Crippen LogP contribution >= 0.6 is 11.6 Å². The van der Waals surface area contributed by atoms with Crippen LogP contribution in [0.1, 0.15) is 5.56 Å². The van der Waals surface area contributed by atoms with Gasteiger partial charge in [-0.1, -0.05) is 29.8 Å². The standard InChI is InChI=1S/C17H11ClFN3O/c1-10-4-2-3-5-13(10)22-14-9-11(18)8-12(19)15(14)21-7-6-20-16(21)17(22)23/h2-9H,1H3. The molecule has 6 heteroatoms. The van der Waals surface area contributed by atoms with E-state index in [0.29, 0.717) is 11.2 Å². The smallest absolute Gasteiger partial charge is 0.291 e. The van der Waals surface area contributed by atoms with Crippen molar-refractivity contribution in [2.45, 2.75) is 6.92 Å². The van der Waals surface area contributed by atoms with Gasteiger partial charge in [-0.05, 0) is 30.7 Å². The Morgan fingerprint density at radius 2 is 2.00 bits per heavy atom. The van der Waals surface area contributed by atoms with Gasteiger partial charge >= 0.3 is 0 Å². The molecule has 0 aliphatic rings. The Labute approximate surface area is 135 Å². The molecule has 2 aromatic heterocycles. The molecule has 2 heterocycles. The highest BCUT2D eigenvalue weighted by Crippen LogP contribution is 2.25. The number of imidazole rings is 1. The van der Waals surface area contributed by atoms with Gasteiger partial charge in [0.15, 0.2) is 5.82 Å². The molecule has 0 aliphatic carbocycles. The highest BCUT2D eigenvalue weighted by atomic mass is 35.5. The van der Waals surface area contributed by atoms with E-state index in [1.54, 1.807) is 12.3 Å². The van der Waals surface area contributed by atoms with E-state index in [-0.39, 0.29) is 21.7 Å². The van der Waals surface area contributed by atoms with E-state index in [4.69, 9.17) is 11.6 Å². The van der Waals surface area contributed by atoms with E-state index in [2.05, 4.69) is 4.98 Å². The number of fused-ring (bicyclic) bond motifs is 3. The van der Waals surface area contributed by atoms with Crippen molar-refractivity contribution in [3.8, 4) is 5.69 Å². The lowest BCUT2D eigenvalue weighted by atomic mass is 10.2. The number of aryl methyl sites for hydroxylation is 1. The number of hydrogen-bond acceptors (Lipinski definition) is 2. The maximum absolute atomic E-state index is 14.5. The lowest BCUT2D eigenvalue weighted by Crippen LogP contribution is -2.23. The first-order chi connectivity index (χ1) is 11.1. The molecule has 114 valence electrons. The van der Waals surface area contributed by atoms with Gasteiger partial charge in [-0.25, -0.2) is 9.37 Å². The largest absolute Gasteiger partial charge is 0.299 e. The van der Waals surface area contributed by atoms with Crippen molar-refractivity contribution in [3.05, 3.63) is 75.5 Å². The Bertz CT molecular complexity index is 1130. The maximum atomic E-state index is 14.5. The van der Waals surface area contributed by atoms with Gasteiger partial charge in [0.05, 0.1) is 11.2 Å². The fourth-order valence-electron chi connectivity index (χ4n) is 2.87. The Morgan fingerprint density at radius 1 is 1.22 bits per heavy atom. The van der Waals surface area contributed by atoms with Crippen molar-refractivity contribution in [2.75, 3.05) is 0 Å². The minimum atomic E-state index is -0.502. The third kappa shape index (κ3) is 1.97. The van der Waals surface area contributed by atoms with Crippen LogP contribution in [0.2, 0.25) is 5.02 Å². The Morgan fingerprint density at radius 3 is 2.78 bits per heavy atom. The zero-order valence-electron chi connectivity index (χ0n) is 12.1. The van der Waals surface area contributed by atoms with Crippen LogP contribution in [0, 0.1) is 12.7 Å². The van der Waals surface area contributed by atoms with Gasteiger partial charge in [0.2, 0.25) is 5.65 Å². The molecule has 4 nitrogen and oxygen atoms in total. The average Bonchev–Trinajstić information content (AvgIpc) is 2.98. The molecule has 0 saturated carbocycles. The SMILES string of the molecule is Cc1ccccc1-n1c(=O)c2nccn2c2c(F)cc(Cl)cc21. The van der Waals surface area contributed by atoms with Crippen molar-refractivity contribution >= 4 is 28.3 Å². The molecule has 4 aromatic rings. The molecule has 0 saturated heterocycles. The van der Waals surface area contributed by atoms with Gasteiger partial charge in [0, 0.05) is 17.4 Å². The minimum absolute atomic E-state index is 0.168. The zero-order valence-corrected chi connectivity index (χ0v) is 12.9. The molecule has 0 aliphatic heterocycles. The number of hydrogen-bond donors (Lipinski definition) is 0. The van der Waals surface area contributed by atoms with Gasteiger partial charge in [0.25, 0.3) is 5.56 Å². The number of halogens is 2. The van der Waals surface area contributed by atoms with Crippen molar-refractivity contribution < 1.29 is 4.39 Å². The fraction of sp³-hybridized carbons (Fsp3) is 0.0588. The Kier molecular flexibility index (Phi) is 2.99. The summed E-state index contributed by atoms with van der Waals surface area (Å²) in [6.07, 6.45) is 3.05. The van der Waals surface area contributed by atoms with Crippen molar-refractivity contribution in [1.29, 1.82) is 0 Å².